The Morgan fingerprint density at radius 2 is 1.89 bits per heavy atom. The molecule has 0 saturated heterocycles. The number of halogens is 2. The molecule has 0 bridgehead atoms. The molecule has 1 fully saturated rings. The second-order valence-electron chi connectivity index (χ2n) is 4.23. The maximum Gasteiger partial charge on any atom is 0.338 e. The fourth-order valence-corrected chi connectivity index (χ4v) is 1.42. The lowest BCUT2D eigenvalue weighted by Gasteiger charge is -2.11. The highest BCUT2D eigenvalue weighted by atomic mass is 19.1. The van der Waals surface area contributed by atoms with Gasteiger partial charge in [-0.3, -0.25) is 4.79 Å². The van der Waals surface area contributed by atoms with E-state index in [1.165, 1.54) is 0 Å². The van der Waals surface area contributed by atoms with Crippen molar-refractivity contribution in [3.05, 3.63) is 29.3 Å². The van der Waals surface area contributed by atoms with Crippen molar-refractivity contribution in [1.29, 1.82) is 0 Å². The Balaban J connectivity index is 2.30. The molecule has 18 heavy (non-hydrogen) atoms. The van der Waals surface area contributed by atoms with Gasteiger partial charge in [-0.1, -0.05) is 0 Å². The SMILES string of the molecule is NC1(C(=O)Nc2cc(C(=O)O)c(F)cc2F)CC1. The van der Waals surface area contributed by atoms with Crippen LogP contribution in [0.4, 0.5) is 14.5 Å². The minimum absolute atomic E-state index is 0.393. The van der Waals surface area contributed by atoms with Crippen LogP contribution in [-0.4, -0.2) is 22.5 Å². The first-order valence-electron chi connectivity index (χ1n) is 5.16. The average Bonchev–Trinajstić information content (AvgIpc) is 3.01. The normalized spacial score (nSPS) is 16.2. The molecular weight excluding hydrogens is 246 g/mol. The molecule has 7 heteroatoms. The van der Waals surface area contributed by atoms with E-state index in [2.05, 4.69) is 5.32 Å². The summed E-state index contributed by atoms with van der Waals surface area (Å²) in [5, 5.41) is 10.9. The van der Waals surface area contributed by atoms with Crippen LogP contribution in [0.1, 0.15) is 23.2 Å². The number of carboxylic acids is 1. The van der Waals surface area contributed by atoms with Crippen LogP contribution in [0.15, 0.2) is 12.1 Å². The summed E-state index contributed by atoms with van der Waals surface area (Å²) in [6.45, 7) is 0. The topological polar surface area (TPSA) is 92.4 Å². The molecule has 1 amide bonds. The molecule has 0 atom stereocenters. The molecule has 0 spiro atoms. The zero-order chi connectivity index (χ0) is 13.5. The molecular formula is C11H10F2N2O3. The van der Waals surface area contributed by atoms with E-state index in [0.717, 1.165) is 6.07 Å². The Bertz CT molecular complexity index is 541. The molecule has 1 aliphatic carbocycles. The van der Waals surface area contributed by atoms with Gasteiger partial charge in [-0.05, 0) is 18.9 Å². The van der Waals surface area contributed by atoms with E-state index >= 15 is 0 Å². The molecule has 1 aromatic carbocycles. The van der Waals surface area contributed by atoms with Crippen LogP contribution in [0.2, 0.25) is 0 Å². The van der Waals surface area contributed by atoms with Gasteiger partial charge in [0, 0.05) is 6.07 Å². The van der Waals surface area contributed by atoms with Gasteiger partial charge < -0.3 is 16.2 Å². The van der Waals surface area contributed by atoms with Gasteiger partial charge in [0.2, 0.25) is 5.91 Å². The summed E-state index contributed by atoms with van der Waals surface area (Å²) < 4.78 is 26.5. The number of hydrogen-bond donors (Lipinski definition) is 3. The molecule has 1 aliphatic rings. The number of carbonyl (C=O) groups excluding carboxylic acids is 1. The van der Waals surface area contributed by atoms with E-state index in [1.54, 1.807) is 0 Å². The number of carboxylic acid groups (broad SMARTS) is 1. The first-order chi connectivity index (χ1) is 8.33. The molecule has 96 valence electrons. The van der Waals surface area contributed by atoms with E-state index in [1.807, 2.05) is 0 Å². The van der Waals surface area contributed by atoms with Gasteiger partial charge in [-0.15, -0.1) is 0 Å². The monoisotopic (exact) mass is 256 g/mol. The number of nitrogens with two attached hydrogens (primary N) is 1. The standard InChI is InChI=1S/C11H10F2N2O3/c12-6-4-7(13)8(3-5(6)9(16)17)15-10(18)11(14)1-2-11/h3-4H,1-2,14H2,(H,15,18)(H,16,17). The van der Waals surface area contributed by atoms with Crippen molar-refractivity contribution < 1.29 is 23.5 Å². The van der Waals surface area contributed by atoms with E-state index < -0.39 is 40.3 Å². The minimum atomic E-state index is -1.54. The van der Waals surface area contributed by atoms with E-state index in [-0.39, 0.29) is 0 Å². The Hall–Kier alpha value is -2.02. The second-order valence-corrected chi connectivity index (χ2v) is 4.23. The number of nitrogens with one attached hydrogen (secondary N) is 1. The van der Waals surface area contributed by atoms with Gasteiger partial charge in [0.15, 0.2) is 0 Å². The third-order valence-electron chi connectivity index (χ3n) is 2.78. The number of aromatic carboxylic acids is 1. The number of benzene rings is 1. The van der Waals surface area contributed by atoms with Crippen molar-refractivity contribution in [2.45, 2.75) is 18.4 Å². The van der Waals surface area contributed by atoms with Gasteiger partial charge in [-0.25, -0.2) is 13.6 Å². The largest absolute Gasteiger partial charge is 0.478 e. The van der Waals surface area contributed by atoms with Crippen molar-refractivity contribution in [2.24, 2.45) is 5.73 Å². The van der Waals surface area contributed by atoms with Crippen molar-refractivity contribution in [1.82, 2.24) is 0 Å². The van der Waals surface area contributed by atoms with Crippen LogP contribution in [-0.2, 0) is 4.79 Å². The number of hydrogen-bond acceptors (Lipinski definition) is 3. The fraction of sp³-hybridized carbons (Fsp3) is 0.273. The summed E-state index contributed by atoms with van der Waals surface area (Å²) >= 11 is 0. The maximum atomic E-state index is 13.4. The molecule has 0 unspecified atom stereocenters. The molecule has 5 nitrogen and oxygen atoms in total. The molecule has 1 aromatic rings. The van der Waals surface area contributed by atoms with Crippen molar-refractivity contribution in [3.63, 3.8) is 0 Å². The lowest BCUT2D eigenvalue weighted by Crippen LogP contribution is -2.38. The van der Waals surface area contributed by atoms with Crippen LogP contribution in [0.5, 0.6) is 0 Å². The summed E-state index contributed by atoms with van der Waals surface area (Å²) in [4.78, 5) is 22.3. The summed E-state index contributed by atoms with van der Waals surface area (Å²) in [6.07, 6.45) is 0.959. The molecule has 4 N–H and O–H groups in total. The highest BCUT2D eigenvalue weighted by molar-refractivity contribution is 6.01. The summed E-state index contributed by atoms with van der Waals surface area (Å²) in [5.41, 5.74) is 3.46. The third kappa shape index (κ3) is 2.17. The second kappa shape index (κ2) is 4.02. The van der Waals surface area contributed by atoms with E-state index in [0.29, 0.717) is 18.9 Å². The van der Waals surface area contributed by atoms with Crippen LogP contribution < -0.4 is 11.1 Å². The molecule has 0 heterocycles. The average molecular weight is 256 g/mol. The molecule has 0 radical (unpaired) electrons. The lowest BCUT2D eigenvalue weighted by molar-refractivity contribution is -0.118. The maximum absolute atomic E-state index is 13.4. The van der Waals surface area contributed by atoms with Crippen LogP contribution in [0, 0.1) is 11.6 Å². The van der Waals surface area contributed by atoms with E-state index in [4.69, 9.17) is 10.8 Å². The Morgan fingerprint density at radius 3 is 2.39 bits per heavy atom. The van der Waals surface area contributed by atoms with Crippen molar-refractivity contribution in [2.75, 3.05) is 5.32 Å². The molecule has 0 aliphatic heterocycles. The minimum Gasteiger partial charge on any atom is -0.478 e. The first-order valence-corrected chi connectivity index (χ1v) is 5.16. The Morgan fingerprint density at radius 1 is 1.28 bits per heavy atom. The number of rotatable bonds is 3. The highest BCUT2D eigenvalue weighted by Crippen LogP contribution is 2.33. The summed E-state index contributed by atoms with van der Waals surface area (Å²) in [5.74, 6) is -4.40. The van der Waals surface area contributed by atoms with Gasteiger partial charge in [0.25, 0.3) is 0 Å². The Labute approximate surface area is 101 Å². The quantitative estimate of drug-likeness (QED) is 0.754. The zero-order valence-corrected chi connectivity index (χ0v) is 9.17. The van der Waals surface area contributed by atoms with E-state index in [9.17, 15) is 18.4 Å². The van der Waals surface area contributed by atoms with Gasteiger partial charge in [0.05, 0.1) is 16.8 Å². The third-order valence-corrected chi connectivity index (χ3v) is 2.78. The molecule has 1 saturated carbocycles. The van der Waals surface area contributed by atoms with Crippen LogP contribution in [0.25, 0.3) is 0 Å². The van der Waals surface area contributed by atoms with Gasteiger partial charge in [-0.2, -0.15) is 0 Å². The molecule has 2 rings (SSSR count). The van der Waals surface area contributed by atoms with Crippen molar-refractivity contribution >= 4 is 17.6 Å². The lowest BCUT2D eigenvalue weighted by atomic mass is 10.1. The zero-order valence-electron chi connectivity index (χ0n) is 9.17. The predicted octanol–water partition coefficient (Wildman–Crippen LogP) is 1.09. The summed E-state index contributed by atoms with van der Waals surface area (Å²) in [7, 11) is 0. The predicted molar refractivity (Wildman–Crippen MR) is 58.1 cm³/mol. The van der Waals surface area contributed by atoms with Crippen LogP contribution >= 0.6 is 0 Å². The van der Waals surface area contributed by atoms with Gasteiger partial charge >= 0.3 is 5.97 Å². The first kappa shape index (κ1) is 12.4. The van der Waals surface area contributed by atoms with Crippen LogP contribution in [0.3, 0.4) is 0 Å². The number of anilines is 1. The molecule has 0 aromatic heterocycles. The number of carbonyl (C=O) groups is 2. The summed E-state index contributed by atoms with van der Waals surface area (Å²) in [6, 6.07) is 1.14. The smallest absolute Gasteiger partial charge is 0.338 e. The van der Waals surface area contributed by atoms with Gasteiger partial charge in [0.1, 0.15) is 11.6 Å². The number of amides is 1. The highest BCUT2D eigenvalue weighted by Gasteiger charge is 2.46. The fourth-order valence-electron chi connectivity index (χ4n) is 1.42. The Kier molecular flexibility index (Phi) is 2.78. The van der Waals surface area contributed by atoms with Crippen molar-refractivity contribution in [3.8, 4) is 0 Å².